The SMILES string of the molecule is O[C@@H]1CCCC[C@H]1Nc1nnc(Cl)c2c1CCC2. The molecule has 0 saturated heterocycles. The maximum absolute atomic E-state index is 10.00. The number of anilines is 1. The molecule has 1 aromatic rings. The van der Waals surface area contributed by atoms with Crippen molar-refractivity contribution in [2.24, 2.45) is 0 Å². The Labute approximate surface area is 112 Å². The number of hydrogen-bond acceptors (Lipinski definition) is 4. The number of fused-ring (bicyclic) bond motifs is 1. The van der Waals surface area contributed by atoms with E-state index in [9.17, 15) is 5.11 Å². The first-order chi connectivity index (χ1) is 8.75. The van der Waals surface area contributed by atoms with Gasteiger partial charge in [0.2, 0.25) is 0 Å². The molecule has 3 rings (SSSR count). The molecular weight excluding hydrogens is 250 g/mol. The monoisotopic (exact) mass is 267 g/mol. The fourth-order valence-electron chi connectivity index (χ4n) is 3.02. The minimum absolute atomic E-state index is 0.110. The average molecular weight is 268 g/mol. The van der Waals surface area contributed by atoms with E-state index in [-0.39, 0.29) is 12.1 Å². The average Bonchev–Trinajstić information content (AvgIpc) is 2.85. The zero-order valence-electron chi connectivity index (χ0n) is 10.3. The molecule has 4 nitrogen and oxygen atoms in total. The molecule has 0 amide bonds. The number of aliphatic hydroxyl groups is 1. The van der Waals surface area contributed by atoms with Crippen molar-refractivity contribution in [3.8, 4) is 0 Å². The summed E-state index contributed by atoms with van der Waals surface area (Å²) in [7, 11) is 0. The molecule has 2 N–H and O–H groups in total. The van der Waals surface area contributed by atoms with Crippen molar-refractivity contribution in [1.82, 2.24) is 10.2 Å². The fraction of sp³-hybridized carbons (Fsp3) is 0.692. The van der Waals surface area contributed by atoms with E-state index in [1.807, 2.05) is 0 Å². The molecule has 2 aliphatic carbocycles. The van der Waals surface area contributed by atoms with E-state index in [0.717, 1.165) is 56.3 Å². The molecule has 2 aliphatic rings. The zero-order chi connectivity index (χ0) is 12.5. The highest BCUT2D eigenvalue weighted by Crippen LogP contribution is 2.32. The van der Waals surface area contributed by atoms with Crippen molar-refractivity contribution in [1.29, 1.82) is 0 Å². The molecule has 0 aromatic carbocycles. The summed E-state index contributed by atoms with van der Waals surface area (Å²) in [5.74, 6) is 0.831. The molecule has 5 heteroatoms. The van der Waals surface area contributed by atoms with E-state index >= 15 is 0 Å². The predicted molar refractivity (Wildman–Crippen MR) is 71.0 cm³/mol. The van der Waals surface area contributed by atoms with E-state index in [4.69, 9.17) is 11.6 Å². The van der Waals surface area contributed by atoms with Crippen LogP contribution < -0.4 is 5.32 Å². The summed E-state index contributed by atoms with van der Waals surface area (Å²) in [5, 5.41) is 22.1. The van der Waals surface area contributed by atoms with E-state index in [2.05, 4.69) is 15.5 Å². The van der Waals surface area contributed by atoms with Crippen LogP contribution in [-0.4, -0.2) is 27.4 Å². The second-order valence-electron chi connectivity index (χ2n) is 5.25. The lowest BCUT2D eigenvalue weighted by molar-refractivity contribution is 0.116. The fourth-order valence-corrected chi connectivity index (χ4v) is 3.26. The highest BCUT2D eigenvalue weighted by Gasteiger charge is 2.26. The second kappa shape index (κ2) is 5.02. The maximum atomic E-state index is 10.00. The number of aromatic nitrogens is 2. The van der Waals surface area contributed by atoms with Crippen LogP contribution in [0.4, 0.5) is 5.82 Å². The lowest BCUT2D eigenvalue weighted by atomic mass is 9.92. The predicted octanol–water partition coefficient (Wildman–Crippen LogP) is 2.33. The Morgan fingerprint density at radius 3 is 2.67 bits per heavy atom. The standard InChI is InChI=1S/C13H18ClN3O/c14-12-8-4-3-5-9(8)13(17-16-12)15-10-6-1-2-7-11(10)18/h10-11,18H,1-7H2,(H,15,17)/t10-,11-/m1/s1. The first kappa shape index (κ1) is 12.2. The van der Waals surface area contributed by atoms with Crippen molar-refractivity contribution < 1.29 is 5.11 Å². The van der Waals surface area contributed by atoms with Crippen LogP contribution in [-0.2, 0) is 12.8 Å². The number of rotatable bonds is 2. The Hall–Kier alpha value is -0.870. The van der Waals surface area contributed by atoms with E-state index in [1.54, 1.807) is 0 Å². The summed E-state index contributed by atoms with van der Waals surface area (Å²) in [6.07, 6.45) is 7.00. The van der Waals surface area contributed by atoms with Gasteiger partial charge in [0.05, 0.1) is 12.1 Å². The summed E-state index contributed by atoms with van der Waals surface area (Å²) in [6.45, 7) is 0. The van der Waals surface area contributed by atoms with Gasteiger partial charge in [0.1, 0.15) is 0 Å². The van der Waals surface area contributed by atoms with Crippen molar-refractivity contribution in [3.63, 3.8) is 0 Å². The van der Waals surface area contributed by atoms with Crippen molar-refractivity contribution >= 4 is 17.4 Å². The third kappa shape index (κ3) is 2.19. The largest absolute Gasteiger partial charge is 0.391 e. The normalized spacial score (nSPS) is 27.0. The third-order valence-corrected chi connectivity index (χ3v) is 4.35. The van der Waals surface area contributed by atoms with E-state index < -0.39 is 0 Å². The molecule has 0 radical (unpaired) electrons. The van der Waals surface area contributed by atoms with Crippen LogP contribution in [0.2, 0.25) is 5.15 Å². The Morgan fingerprint density at radius 2 is 1.83 bits per heavy atom. The number of halogens is 1. The van der Waals surface area contributed by atoms with Gasteiger partial charge in [-0.2, -0.15) is 0 Å². The minimum atomic E-state index is -0.270. The highest BCUT2D eigenvalue weighted by molar-refractivity contribution is 6.30. The third-order valence-electron chi connectivity index (χ3n) is 4.04. The Morgan fingerprint density at radius 1 is 1.06 bits per heavy atom. The van der Waals surface area contributed by atoms with E-state index in [1.165, 1.54) is 5.56 Å². The van der Waals surface area contributed by atoms with Crippen molar-refractivity contribution in [2.45, 2.75) is 57.1 Å². The molecule has 2 atom stereocenters. The zero-order valence-corrected chi connectivity index (χ0v) is 11.1. The van der Waals surface area contributed by atoms with Gasteiger partial charge in [-0.3, -0.25) is 0 Å². The molecule has 1 saturated carbocycles. The minimum Gasteiger partial charge on any atom is -0.391 e. The lowest BCUT2D eigenvalue weighted by Crippen LogP contribution is -2.37. The molecule has 1 fully saturated rings. The lowest BCUT2D eigenvalue weighted by Gasteiger charge is -2.29. The Kier molecular flexibility index (Phi) is 3.39. The number of nitrogens with zero attached hydrogens (tertiary/aromatic N) is 2. The molecule has 1 heterocycles. The van der Waals surface area contributed by atoms with Crippen LogP contribution in [0.15, 0.2) is 0 Å². The summed E-state index contributed by atoms with van der Waals surface area (Å²) >= 11 is 6.06. The van der Waals surface area contributed by atoms with Crippen molar-refractivity contribution in [3.05, 3.63) is 16.3 Å². The Bertz CT molecular complexity index is 452. The number of hydrogen-bond donors (Lipinski definition) is 2. The number of aliphatic hydroxyl groups excluding tert-OH is 1. The van der Waals surface area contributed by atoms with Gasteiger partial charge in [0.15, 0.2) is 11.0 Å². The van der Waals surface area contributed by atoms with Gasteiger partial charge in [-0.25, -0.2) is 0 Å². The van der Waals surface area contributed by atoms with Crippen LogP contribution in [0, 0.1) is 0 Å². The van der Waals surface area contributed by atoms with Gasteiger partial charge >= 0.3 is 0 Å². The van der Waals surface area contributed by atoms with Crippen molar-refractivity contribution in [2.75, 3.05) is 5.32 Å². The van der Waals surface area contributed by atoms with Crippen LogP contribution >= 0.6 is 11.6 Å². The van der Waals surface area contributed by atoms with Gasteiger partial charge in [-0.1, -0.05) is 24.4 Å². The summed E-state index contributed by atoms with van der Waals surface area (Å²) in [5.41, 5.74) is 2.34. The summed E-state index contributed by atoms with van der Waals surface area (Å²) in [6, 6.07) is 0.110. The topological polar surface area (TPSA) is 58.0 Å². The molecule has 18 heavy (non-hydrogen) atoms. The van der Waals surface area contributed by atoms with Crippen LogP contribution in [0.1, 0.15) is 43.2 Å². The molecule has 1 aromatic heterocycles. The van der Waals surface area contributed by atoms with Gasteiger partial charge in [0.25, 0.3) is 0 Å². The van der Waals surface area contributed by atoms with Gasteiger partial charge in [-0.05, 0) is 37.7 Å². The van der Waals surface area contributed by atoms with Crippen LogP contribution in [0.25, 0.3) is 0 Å². The molecule has 0 aliphatic heterocycles. The second-order valence-corrected chi connectivity index (χ2v) is 5.61. The van der Waals surface area contributed by atoms with Gasteiger partial charge in [-0.15, -0.1) is 10.2 Å². The Balaban J connectivity index is 1.83. The molecule has 0 bridgehead atoms. The summed E-state index contributed by atoms with van der Waals surface area (Å²) in [4.78, 5) is 0. The van der Waals surface area contributed by atoms with Crippen LogP contribution in [0.5, 0.6) is 0 Å². The van der Waals surface area contributed by atoms with E-state index in [0.29, 0.717) is 5.15 Å². The summed E-state index contributed by atoms with van der Waals surface area (Å²) < 4.78 is 0. The molecule has 0 unspecified atom stereocenters. The maximum Gasteiger partial charge on any atom is 0.155 e. The first-order valence-corrected chi connectivity index (χ1v) is 7.12. The molecular formula is C13H18ClN3O. The van der Waals surface area contributed by atoms with Gasteiger partial charge in [0, 0.05) is 5.56 Å². The quantitative estimate of drug-likeness (QED) is 0.864. The highest BCUT2D eigenvalue weighted by atomic mass is 35.5. The smallest absolute Gasteiger partial charge is 0.155 e. The number of nitrogens with one attached hydrogen (secondary N) is 1. The van der Waals surface area contributed by atoms with Crippen LogP contribution in [0.3, 0.4) is 0 Å². The van der Waals surface area contributed by atoms with Gasteiger partial charge < -0.3 is 10.4 Å². The molecule has 98 valence electrons. The first-order valence-electron chi connectivity index (χ1n) is 6.74. The molecule has 0 spiro atoms.